The summed E-state index contributed by atoms with van der Waals surface area (Å²) in [7, 11) is 0. The quantitative estimate of drug-likeness (QED) is 0.604. The number of furan rings is 1. The molecule has 0 saturated carbocycles. The molecule has 0 fully saturated rings. The van der Waals surface area contributed by atoms with E-state index in [9.17, 15) is 14.4 Å². The van der Waals surface area contributed by atoms with Crippen molar-refractivity contribution in [3.8, 4) is 0 Å². The fourth-order valence-electron chi connectivity index (χ4n) is 4.49. The molecule has 4 rings (SSSR count). The zero-order valence-electron chi connectivity index (χ0n) is 17.1. The first-order chi connectivity index (χ1) is 14.5. The van der Waals surface area contributed by atoms with Crippen molar-refractivity contribution in [3.05, 3.63) is 70.8 Å². The molecule has 1 N–H and O–H groups in total. The average Bonchev–Trinajstić information content (AvgIpc) is 3.27. The van der Waals surface area contributed by atoms with Gasteiger partial charge in [0.25, 0.3) is 0 Å². The van der Waals surface area contributed by atoms with Gasteiger partial charge in [0.05, 0.1) is 12.9 Å². The van der Waals surface area contributed by atoms with E-state index in [1.807, 2.05) is 24.3 Å². The highest BCUT2D eigenvalue weighted by atomic mass is 16.5. The molecular formula is C24H25NO5. The summed E-state index contributed by atoms with van der Waals surface area (Å²) in [5.41, 5.74) is 3.19. The lowest BCUT2D eigenvalue weighted by molar-refractivity contribution is -0.152. The Hall–Kier alpha value is -3.15. The number of benzene rings is 1. The number of ether oxygens (including phenoxy) is 1. The molecule has 30 heavy (non-hydrogen) atoms. The number of nitrogens with one attached hydrogen (secondary N) is 1. The standard InChI is InChI=1S/C24H25NO5/c1-3-14-7-9-15(10-8-14)16-13-20(26)25-18-12-17(19-6-5-11-30-19)22(23(27)21(16)18)24(28)29-4-2/h5-11,16-17,22H,3-4,12-13H2,1-2H3,(H,25,26). The topological polar surface area (TPSA) is 85.6 Å². The van der Waals surface area contributed by atoms with Crippen molar-refractivity contribution in [2.24, 2.45) is 5.92 Å². The number of carbonyl (C=O) groups excluding carboxylic acids is 3. The summed E-state index contributed by atoms with van der Waals surface area (Å²) in [6, 6.07) is 11.5. The maximum atomic E-state index is 13.6. The Morgan fingerprint density at radius 3 is 2.53 bits per heavy atom. The van der Waals surface area contributed by atoms with E-state index in [1.54, 1.807) is 19.1 Å². The molecule has 0 radical (unpaired) electrons. The lowest BCUT2D eigenvalue weighted by Gasteiger charge is -2.37. The molecule has 0 saturated heterocycles. The summed E-state index contributed by atoms with van der Waals surface area (Å²) in [5.74, 6) is -2.29. The van der Waals surface area contributed by atoms with Crippen LogP contribution in [0.4, 0.5) is 0 Å². The van der Waals surface area contributed by atoms with Crippen LogP contribution in [-0.4, -0.2) is 24.3 Å². The first-order valence-electron chi connectivity index (χ1n) is 10.4. The number of rotatable bonds is 5. The fourth-order valence-corrected chi connectivity index (χ4v) is 4.49. The molecule has 1 aliphatic carbocycles. The van der Waals surface area contributed by atoms with Gasteiger partial charge < -0.3 is 14.5 Å². The van der Waals surface area contributed by atoms with Crippen molar-refractivity contribution in [1.29, 1.82) is 0 Å². The first-order valence-corrected chi connectivity index (χ1v) is 10.4. The molecule has 1 aromatic carbocycles. The number of hydrogen-bond donors (Lipinski definition) is 1. The third-order valence-corrected chi connectivity index (χ3v) is 5.97. The minimum Gasteiger partial charge on any atom is -0.469 e. The molecular weight excluding hydrogens is 382 g/mol. The SMILES string of the molecule is CCOC(=O)C1C(=O)C2=C(CC1c1ccco1)NC(=O)CC2c1ccc(CC)cc1. The summed E-state index contributed by atoms with van der Waals surface area (Å²) >= 11 is 0. The van der Waals surface area contributed by atoms with Gasteiger partial charge in [-0.1, -0.05) is 31.2 Å². The molecule has 2 heterocycles. The fraction of sp³-hybridized carbons (Fsp3) is 0.375. The number of amides is 1. The van der Waals surface area contributed by atoms with Gasteiger partial charge >= 0.3 is 5.97 Å². The average molecular weight is 407 g/mol. The molecule has 156 valence electrons. The Morgan fingerprint density at radius 1 is 1.13 bits per heavy atom. The van der Waals surface area contributed by atoms with Crippen LogP contribution in [0.15, 0.2) is 58.3 Å². The van der Waals surface area contributed by atoms with Gasteiger partial charge in [-0.05, 0) is 43.0 Å². The third kappa shape index (κ3) is 3.58. The molecule has 6 nitrogen and oxygen atoms in total. The van der Waals surface area contributed by atoms with Gasteiger partial charge in [-0.3, -0.25) is 14.4 Å². The van der Waals surface area contributed by atoms with Crippen LogP contribution in [0.2, 0.25) is 0 Å². The van der Waals surface area contributed by atoms with Crippen LogP contribution in [-0.2, 0) is 25.5 Å². The van der Waals surface area contributed by atoms with E-state index >= 15 is 0 Å². The second-order valence-corrected chi connectivity index (χ2v) is 7.71. The van der Waals surface area contributed by atoms with Crippen molar-refractivity contribution < 1.29 is 23.5 Å². The monoisotopic (exact) mass is 407 g/mol. The minimum atomic E-state index is -0.984. The Labute approximate surface area is 175 Å². The second kappa shape index (κ2) is 8.30. The van der Waals surface area contributed by atoms with Crippen LogP contribution in [0.1, 0.15) is 55.4 Å². The van der Waals surface area contributed by atoms with E-state index in [-0.39, 0.29) is 30.6 Å². The van der Waals surface area contributed by atoms with Crippen molar-refractivity contribution in [1.82, 2.24) is 5.32 Å². The van der Waals surface area contributed by atoms with E-state index in [0.717, 1.165) is 12.0 Å². The van der Waals surface area contributed by atoms with E-state index in [0.29, 0.717) is 23.5 Å². The van der Waals surface area contributed by atoms with Crippen LogP contribution in [0.3, 0.4) is 0 Å². The van der Waals surface area contributed by atoms with Gasteiger partial charge in [0.15, 0.2) is 5.78 Å². The van der Waals surface area contributed by atoms with Crippen LogP contribution < -0.4 is 5.32 Å². The highest BCUT2D eigenvalue weighted by molar-refractivity contribution is 6.12. The molecule has 2 aliphatic rings. The highest BCUT2D eigenvalue weighted by Gasteiger charge is 2.48. The number of esters is 1. The molecule has 0 spiro atoms. The molecule has 1 aromatic heterocycles. The highest BCUT2D eigenvalue weighted by Crippen LogP contribution is 2.45. The van der Waals surface area contributed by atoms with Crippen molar-refractivity contribution in [2.45, 2.75) is 44.9 Å². The van der Waals surface area contributed by atoms with Crippen LogP contribution in [0.25, 0.3) is 0 Å². The Balaban J connectivity index is 1.78. The number of ketones is 1. The van der Waals surface area contributed by atoms with Gasteiger partial charge in [-0.25, -0.2) is 0 Å². The van der Waals surface area contributed by atoms with Crippen molar-refractivity contribution >= 4 is 17.7 Å². The summed E-state index contributed by atoms with van der Waals surface area (Å²) in [6.07, 6.45) is 2.95. The van der Waals surface area contributed by atoms with Gasteiger partial charge in [-0.2, -0.15) is 0 Å². The van der Waals surface area contributed by atoms with Gasteiger partial charge in [0.1, 0.15) is 11.7 Å². The number of Topliss-reactive ketones (excluding diaryl/α,β-unsaturated/α-hetero) is 1. The Morgan fingerprint density at radius 2 is 1.90 bits per heavy atom. The first kappa shape index (κ1) is 20.1. The van der Waals surface area contributed by atoms with Gasteiger partial charge in [0, 0.05) is 29.5 Å². The predicted octanol–water partition coefficient (Wildman–Crippen LogP) is 3.64. The summed E-state index contributed by atoms with van der Waals surface area (Å²) in [5, 5.41) is 2.88. The van der Waals surface area contributed by atoms with E-state index in [4.69, 9.17) is 9.15 Å². The maximum absolute atomic E-state index is 13.6. The molecule has 6 heteroatoms. The normalized spacial score (nSPS) is 23.7. The number of allylic oxidation sites excluding steroid dienone is 2. The predicted molar refractivity (Wildman–Crippen MR) is 110 cm³/mol. The largest absolute Gasteiger partial charge is 0.469 e. The van der Waals surface area contributed by atoms with E-state index < -0.39 is 17.8 Å². The lowest BCUT2D eigenvalue weighted by Crippen LogP contribution is -2.44. The van der Waals surface area contributed by atoms with Crippen LogP contribution in [0.5, 0.6) is 0 Å². The Kier molecular flexibility index (Phi) is 5.57. The molecule has 3 atom stereocenters. The molecule has 1 amide bonds. The summed E-state index contributed by atoms with van der Waals surface area (Å²) in [4.78, 5) is 38.9. The molecule has 2 aromatic rings. The smallest absolute Gasteiger partial charge is 0.317 e. The molecule has 1 aliphatic heterocycles. The number of carbonyl (C=O) groups is 3. The van der Waals surface area contributed by atoms with Crippen molar-refractivity contribution in [2.75, 3.05) is 6.61 Å². The number of aryl methyl sites for hydroxylation is 1. The van der Waals surface area contributed by atoms with Crippen molar-refractivity contribution in [3.63, 3.8) is 0 Å². The zero-order valence-corrected chi connectivity index (χ0v) is 17.1. The van der Waals surface area contributed by atoms with Gasteiger partial charge in [-0.15, -0.1) is 0 Å². The van der Waals surface area contributed by atoms with Crippen LogP contribution in [0, 0.1) is 5.92 Å². The van der Waals surface area contributed by atoms with Crippen LogP contribution >= 0.6 is 0 Å². The lowest BCUT2D eigenvalue weighted by atomic mass is 9.69. The third-order valence-electron chi connectivity index (χ3n) is 5.97. The molecule has 3 unspecified atom stereocenters. The summed E-state index contributed by atoms with van der Waals surface area (Å²) < 4.78 is 10.8. The van der Waals surface area contributed by atoms with E-state index in [2.05, 4.69) is 12.2 Å². The zero-order chi connectivity index (χ0) is 21.3. The maximum Gasteiger partial charge on any atom is 0.317 e. The summed E-state index contributed by atoms with van der Waals surface area (Å²) in [6.45, 7) is 3.99. The molecule has 0 bridgehead atoms. The minimum absolute atomic E-state index is 0.126. The Bertz CT molecular complexity index is 987. The van der Waals surface area contributed by atoms with Gasteiger partial charge in [0.2, 0.25) is 5.91 Å². The second-order valence-electron chi connectivity index (χ2n) is 7.71. The van der Waals surface area contributed by atoms with E-state index in [1.165, 1.54) is 11.8 Å². The number of hydrogen-bond acceptors (Lipinski definition) is 5.